The van der Waals surface area contributed by atoms with E-state index in [1.807, 2.05) is 9.80 Å². The number of carbonyl (C=O) groups is 2. The Labute approximate surface area is 185 Å². The molecule has 1 aromatic rings. The van der Waals surface area contributed by atoms with Gasteiger partial charge in [0.15, 0.2) is 11.6 Å². The number of piperazine rings is 1. The van der Waals surface area contributed by atoms with Gasteiger partial charge in [0, 0.05) is 36.9 Å². The van der Waals surface area contributed by atoms with E-state index in [0.29, 0.717) is 13.1 Å². The maximum Gasteiger partial charge on any atom is 0.411 e. The minimum absolute atomic E-state index is 0.0212. The van der Waals surface area contributed by atoms with Crippen molar-refractivity contribution >= 4 is 17.5 Å². The van der Waals surface area contributed by atoms with E-state index in [-0.39, 0.29) is 43.7 Å². The van der Waals surface area contributed by atoms with Gasteiger partial charge < -0.3 is 15.4 Å². The Morgan fingerprint density at radius 3 is 2.36 bits per heavy atom. The fourth-order valence-corrected chi connectivity index (χ4v) is 4.41. The monoisotopic (exact) mass is 480 g/mol. The molecule has 3 aliphatic heterocycles. The average molecular weight is 480 g/mol. The van der Waals surface area contributed by atoms with Crippen molar-refractivity contribution in [1.82, 2.24) is 15.1 Å². The number of carbonyl (C=O) groups excluding carboxylic acids is 2. The van der Waals surface area contributed by atoms with Crippen LogP contribution in [0.2, 0.25) is 0 Å². The second-order valence-corrected chi connectivity index (χ2v) is 8.61. The van der Waals surface area contributed by atoms with Gasteiger partial charge in [-0.25, -0.2) is 4.39 Å². The van der Waals surface area contributed by atoms with Crippen molar-refractivity contribution in [3.05, 3.63) is 24.0 Å². The second kappa shape index (κ2) is 8.67. The summed E-state index contributed by atoms with van der Waals surface area (Å²) < 4.78 is 81.3. The van der Waals surface area contributed by atoms with Gasteiger partial charge in [-0.15, -0.1) is 0 Å². The molecule has 2 atom stereocenters. The average Bonchev–Trinajstić information content (AvgIpc) is 3.49. The predicted molar refractivity (Wildman–Crippen MR) is 103 cm³/mol. The minimum Gasteiger partial charge on any atom is -0.432 e. The molecule has 7 nitrogen and oxygen atoms in total. The van der Waals surface area contributed by atoms with Gasteiger partial charge in [-0.1, -0.05) is 0 Å². The Bertz CT molecular complexity index is 912. The van der Waals surface area contributed by atoms with Crippen molar-refractivity contribution in [1.29, 1.82) is 0 Å². The molecular formula is C20H22F6N4O3. The van der Waals surface area contributed by atoms with E-state index in [0.717, 1.165) is 18.6 Å². The standard InChI is InChI=1S/C20H22F6N4O3/c21-14-2-1-11(5-15(14)33-18(22)23)27-16(31)9-29-7-12-6-13(8-29)30(12)10-17(32)28-19(3-4-19)20(24,25)26/h1-2,5,12-13,18H,3-4,6-10H2,(H,27,31)(H,28,32). The van der Waals surface area contributed by atoms with Gasteiger partial charge in [0.1, 0.15) is 5.54 Å². The largest absolute Gasteiger partial charge is 0.432 e. The normalized spacial score (nSPS) is 24.2. The molecule has 2 amide bonds. The number of rotatable bonds is 8. The highest BCUT2D eigenvalue weighted by Crippen LogP contribution is 2.49. The highest BCUT2D eigenvalue weighted by molar-refractivity contribution is 5.92. The summed E-state index contributed by atoms with van der Waals surface area (Å²) in [6.07, 6.45) is -3.90. The van der Waals surface area contributed by atoms with Gasteiger partial charge in [-0.3, -0.25) is 19.4 Å². The van der Waals surface area contributed by atoms with Crippen LogP contribution in [-0.2, 0) is 9.59 Å². The fraction of sp³-hybridized carbons (Fsp3) is 0.600. The number of halogens is 6. The van der Waals surface area contributed by atoms with Gasteiger partial charge >= 0.3 is 12.8 Å². The van der Waals surface area contributed by atoms with Crippen molar-refractivity contribution in [2.24, 2.45) is 0 Å². The quantitative estimate of drug-likeness (QED) is 0.559. The van der Waals surface area contributed by atoms with E-state index in [4.69, 9.17) is 0 Å². The Morgan fingerprint density at radius 1 is 1.12 bits per heavy atom. The van der Waals surface area contributed by atoms with Gasteiger partial charge in [0.25, 0.3) is 0 Å². The molecule has 4 aliphatic rings. The summed E-state index contributed by atoms with van der Waals surface area (Å²) in [4.78, 5) is 28.1. The number of nitrogens with one attached hydrogen (secondary N) is 2. The number of nitrogens with zero attached hydrogens (tertiary/aromatic N) is 2. The summed E-state index contributed by atoms with van der Waals surface area (Å²) >= 11 is 0. The predicted octanol–water partition coefficient (Wildman–Crippen LogP) is 2.34. The molecule has 182 valence electrons. The lowest BCUT2D eigenvalue weighted by Gasteiger charge is -2.56. The number of hydrogen-bond acceptors (Lipinski definition) is 5. The molecule has 13 heteroatoms. The number of ether oxygens (including phenoxy) is 1. The third-order valence-electron chi connectivity index (χ3n) is 6.22. The van der Waals surface area contributed by atoms with Crippen molar-refractivity contribution in [3.8, 4) is 5.75 Å². The van der Waals surface area contributed by atoms with E-state index in [1.54, 1.807) is 0 Å². The van der Waals surface area contributed by atoms with Gasteiger partial charge in [-0.2, -0.15) is 22.0 Å². The van der Waals surface area contributed by atoms with Gasteiger partial charge in [-0.05, 0) is 31.4 Å². The summed E-state index contributed by atoms with van der Waals surface area (Å²) in [5, 5.41) is 4.61. The highest BCUT2D eigenvalue weighted by atomic mass is 19.4. The summed E-state index contributed by atoms with van der Waals surface area (Å²) in [6.45, 7) is -2.46. The van der Waals surface area contributed by atoms with Crippen LogP contribution in [0.25, 0.3) is 0 Å². The molecule has 1 saturated carbocycles. The molecule has 4 fully saturated rings. The topological polar surface area (TPSA) is 73.9 Å². The Morgan fingerprint density at radius 2 is 1.79 bits per heavy atom. The number of hydrogen-bond donors (Lipinski definition) is 2. The number of amides is 2. The first-order valence-corrected chi connectivity index (χ1v) is 10.4. The summed E-state index contributed by atoms with van der Waals surface area (Å²) in [7, 11) is 0. The lowest BCUT2D eigenvalue weighted by atomic mass is 9.87. The molecule has 0 spiro atoms. The summed E-state index contributed by atoms with van der Waals surface area (Å²) in [6, 6.07) is 2.96. The van der Waals surface area contributed by atoms with Crippen LogP contribution >= 0.6 is 0 Å². The molecule has 3 heterocycles. The Kier molecular flexibility index (Phi) is 6.20. The van der Waals surface area contributed by atoms with E-state index in [1.165, 1.54) is 6.07 Å². The van der Waals surface area contributed by atoms with Crippen LogP contribution in [0.1, 0.15) is 19.3 Å². The zero-order valence-corrected chi connectivity index (χ0v) is 17.3. The molecule has 2 bridgehead atoms. The van der Waals surface area contributed by atoms with E-state index >= 15 is 0 Å². The first-order valence-electron chi connectivity index (χ1n) is 10.4. The molecule has 0 aromatic heterocycles. The molecule has 1 aliphatic carbocycles. The fourth-order valence-electron chi connectivity index (χ4n) is 4.41. The van der Waals surface area contributed by atoms with Crippen molar-refractivity contribution < 1.29 is 40.7 Å². The zero-order chi connectivity index (χ0) is 24.0. The molecule has 3 saturated heterocycles. The number of fused-ring (bicyclic) bond motifs is 2. The van der Waals surface area contributed by atoms with Crippen LogP contribution in [0.4, 0.5) is 32.0 Å². The Hall–Kier alpha value is -2.54. The van der Waals surface area contributed by atoms with Crippen LogP contribution < -0.4 is 15.4 Å². The van der Waals surface area contributed by atoms with Crippen LogP contribution in [0.5, 0.6) is 5.75 Å². The number of piperidine rings is 1. The lowest BCUT2D eigenvalue weighted by Crippen LogP contribution is -2.70. The molecule has 33 heavy (non-hydrogen) atoms. The van der Waals surface area contributed by atoms with Crippen molar-refractivity contribution in [2.75, 3.05) is 31.5 Å². The van der Waals surface area contributed by atoms with Gasteiger partial charge in [0.2, 0.25) is 11.8 Å². The van der Waals surface area contributed by atoms with Gasteiger partial charge in [0.05, 0.1) is 13.1 Å². The SMILES string of the molecule is O=C(CN1CC2CC(C1)N2CC(=O)NC1(C(F)(F)F)CC1)Nc1ccc(F)c(OC(F)F)c1. The van der Waals surface area contributed by atoms with Crippen LogP contribution in [-0.4, -0.2) is 78.2 Å². The van der Waals surface area contributed by atoms with Crippen LogP contribution in [0, 0.1) is 5.82 Å². The third kappa shape index (κ3) is 5.18. The maximum atomic E-state index is 13.5. The molecule has 2 N–H and O–H groups in total. The van der Waals surface area contributed by atoms with Crippen molar-refractivity contribution in [2.45, 2.75) is 49.7 Å². The van der Waals surface area contributed by atoms with Crippen LogP contribution in [0.3, 0.4) is 0 Å². The van der Waals surface area contributed by atoms with Crippen molar-refractivity contribution in [3.63, 3.8) is 0 Å². The second-order valence-electron chi connectivity index (χ2n) is 8.61. The van der Waals surface area contributed by atoms with E-state index in [9.17, 15) is 35.9 Å². The highest BCUT2D eigenvalue weighted by Gasteiger charge is 2.64. The van der Waals surface area contributed by atoms with E-state index in [2.05, 4.69) is 15.4 Å². The third-order valence-corrected chi connectivity index (χ3v) is 6.22. The summed E-state index contributed by atoms with van der Waals surface area (Å²) in [5.41, 5.74) is -1.99. The molecule has 1 aromatic carbocycles. The zero-order valence-electron chi connectivity index (χ0n) is 17.3. The summed E-state index contributed by atoms with van der Waals surface area (Å²) in [5.74, 6) is -2.79. The molecule has 5 rings (SSSR count). The lowest BCUT2D eigenvalue weighted by molar-refractivity contribution is -0.172. The maximum absolute atomic E-state index is 13.5. The number of benzene rings is 1. The first kappa shape index (κ1) is 23.6. The Balaban J connectivity index is 1.24. The molecular weight excluding hydrogens is 458 g/mol. The molecule has 2 unspecified atom stereocenters. The number of anilines is 1. The van der Waals surface area contributed by atoms with E-state index < -0.39 is 41.7 Å². The smallest absolute Gasteiger partial charge is 0.411 e. The van der Waals surface area contributed by atoms with Crippen LogP contribution in [0.15, 0.2) is 18.2 Å². The number of alkyl halides is 5. The first-order chi connectivity index (χ1) is 15.5. The minimum atomic E-state index is -4.46. The molecule has 0 radical (unpaired) electrons.